The lowest BCUT2D eigenvalue weighted by Gasteiger charge is -2.13. The summed E-state index contributed by atoms with van der Waals surface area (Å²) in [6, 6.07) is 8.97. The van der Waals surface area contributed by atoms with Crippen molar-refractivity contribution in [3.8, 4) is 5.69 Å². The van der Waals surface area contributed by atoms with Crippen LogP contribution in [0.2, 0.25) is 0 Å². The number of hydrogen-bond acceptors (Lipinski definition) is 3. The fraction of sp³-hybridized carbons (Fsp3) is 0.133. The fourth-order valence-corrected chi connectivity index (χ4v) is 2.31. The van der Waals surface area contributed by atoms with Crippen molar-refractivity contribution in [1.29, 1.82) is 0 Å². The molecular weight excluding hydrogens is 346 g/mol. The number of rotatable bonds is 4. The molecule has 1 N–H and O–H groups in total. The summed E-state index contributed by atoms with van der Waals surface area (Å²) in [6.07, 6.45) is 7.01. The molecule has 6 nitrogen and oxygen atoms in total. The van der Waals surface area contributed by atoms with Gasteiger partial charge in [0, 0.05) is 24.3 Å². The van der Waals surface area contributed by atoms with E-state index in [-0.39, 0.29) is 5.91 Å². The van der Waals surface area contributed by atoms with E-state index in [0.717, 1.165) is 15.8 Å². The highest BCUT2D eigenvalue weighted by atomic mass is 79.9. The lowest BCUT2D eigenvalue weighted by atomic mass is 10.2. The Hall–Kier alpha value is -2.41. The average molecular weight is 360 g/mol. The third-order valence-electron chi connectivity index (χ3n) is 3.25. The number of hydrogen-bond donors (Lipinski definition) is 1. The molecule has 3 rings (SSSR count). The van der Waals surface area contributed by atoms with Gasteiger partial charge in [-0.05, 0) is 53.2 Å². The van der Waals surface area contributed by atoms with E-state index in [1.807, 2.05) is 36.5 Å². The lowest BCUT2D eigenvalue weighted by molar-refractivity contribution is -0.119. The van der Waals surface area contributed by atoms with Crippen LogP contribution in [0.15, 0.2) is 59.6 Å². The van der Waals surface area contributed by atoms with Crippen molar-refractivity contribution in [1.82, 2.24) is 19.6 Å². The van der Waals surface area contributed by atoms with Crippen LogP contribution in [0, 0.1) is 0 Å². The summed E-state index contributed by atoms with van der Waals surface area (Å²) in [5, 5.41) is 11.2. The van der Waals surface area contributed by atoms with Crippen LogP contribution in [0.1, 0.15) is 13.0 Å². The van der Waals surface area contributed by atoms with E-state index in [1.165, 1.54) is 0 Å². The lowest BCUT2D eigenvalue weighted by Crippen LogP contribution is -2.23. The minimum Gasteiger partial charge on any atom is -0.324 e. The van der Waals surface area contributed by atoms with Crippen molar-refractivity contribution in [3.05, 3.63) is 59.6 Å². The predicted octanol–water partition coefficient (Wildman–Crippen LogP) is 3.03. The van der Waals surface area contributed by atoms with Crippen molar-refractivity contribution in [2.75, 3.05) is 5.32 Å². The molecule has 0 saturated heterocycles. The fourth-order valence-electron chi connectivity index (χ4n) is 2.01. The molecule has 0 radical (unpaired) electrons. The standard InChI is InChI=1S/C15H14BrN5O/c1-11(21-10-12(16)9-18-21)15(22)19-13-3-5-14(6-4-13)20-8-2-7-17-20/h2-11H,1H3,(H,19,22)/t11-/m1/s1. The Balaban J connectivity index is 1.69. The van der Waals surface area contributed by atoms with E-state index in [0.29, 0.717) is 0 Å². The molecular formula is C15H14BrN5O. The van der Waals surface area contributed by atoms with Gasteiger partial charge in [0.1, 0.15) is 6.04 Å². The summed E-state index contributed by atoms with van der Waals surface area (Å²) in [5.74, 6) is -0.123. The Morgan fingerprint density at radius 2 is 2.05 bits per heavy atom. The van der Waals surface area contributed by atoms with Gasteiger partial charge in [-0.15, -0.1) is 0 Å². The molecule has 1 amide bonds. The number of aromatic nitrogens is 4. The number of carbonyl (C=O) groups is 1. The number of nitrogens with zero attached hydrogens (tertiary/aromatic N) is 4. The van der Waals surface area contributed by atoms with E-state index < -0.39 is 6.04 Å². The van der Waals surface area contributed by atoms with Crippen LogP contribution in [0.5, 0.6) is 0 Å². The number of benzene rings is 1. The second-order valence-electron chi connectivity index (χ2n) is 4.80. The minimum absolute atomic E-state index is 0.123. The number of amides is 1. The average Bonchev–Trinajstić information content (AvgIpc) is 3.18. The highest BCUT2D eigenvalue weighted by molar-refractivity contribution is 9.10. The molecule has 7 heteroatoms. The van der Waals surface area contributed by atoms with Gasteiger partial charge in [0.2, 0.25) is 5.91 Å². The second kappa shape index (κ2) is 6.15. The van der Waals surface area contributed by atoms with Crippen molar-refractivity contribution in [3.63, 3.8) is 0 Å². The van der Waals surface area contributed by atoms with Gasteiger partial charge in [-0.3, -0.25) is 9.48 Å². The van der Waals surface area contributed by atoms with Crippen molar-refractivity contribution >= 4 is 27.5 Å². The first kappa shape index (κ1) is 14.5. The van der Waals surface area contributed by atoms with Crippen LogP contribution < -0.4 is 5.32 Å². The van der Waals surface area contributed by atoms with E-state index >= 15 is 0 Å². The Morgan fingerprint density at radius 3 is 2.64 bits per heavy atom. The Labute approximate surface area is 135 Å². The van der Waals surface area contributed by atoms with Crippen molar-refractivity contribution in [2.24, 2.45) is 0 Å². The molecule has 1 atom stereocenters. The summed E-state index contributed by atoms with van der Waals surface area (Å²) in [5.41, 5.74) is 1.67. The Morgan fingerprint density at radius 1 is 1.27 bits per heavy atom. The van der Waals surface area contributed by atoms with Gasteiger partial charge in [0.05, 0.1) is 16.4 Å². The normalized spacial score (nSPS) is 12.1. The maximum absolute atomic E-state index is 12.2. The number of halogens is 1. The van der Waals surface area contributed by atoms with E-state index in [2.05, 4.69) is 31.4 Å². The van der Waals surface area contributed by atoms with Gasteiger partial charge >= 0.3 is 0 Å². The maximum atomic E-state index is 12.2. The minimum atomic E-state index is -0.392. The third-order valence-corrected chi connectivity index (χ3v) is 3.66. The number of anilines is 1. The summed E-state index contributed by atoms with van der Waals surface area (Å²) in [4.78, 5) is 12.2. The first-order chi connectivity index (χ1) is 10.6. The topological polar surface area (TPSA) is 64.7 Å². The molecule has 0 spiro atoms. The summed E-state index contributed by atoms with van der Waals surface area (Å²) in [7, 11) is 0. The van der Waals surface area contributed by atoms with Gasteiger partial charge < -0.3 is 5.32 Å². The molecule has 0 unspecified atom stereocenters. The van der Waals surface area contributed by atoms with Crippen LogP contribution in [-0.2, 0) is 4.79 Å². The molecule has 2 heterocycles. The molecule has 0 aliphatic rings. The van der Waals surface area contributed by atoms with Crippen LogP contribution in [0.25, 0.3) is 5.69 Å². The van der Waals surface area contributed by atoms with Crippen molar-refractivity contribution in [2.45, 2.75) is 13.0 Å². The van der Waals surface area contributed by atoms with Gasteiger partial charge in [0.25, 0.3) is 0 Å². The maximum Gasteiger partial charge on any atom is 0.248 e. The molecule has 0 aliphatic carbocycles. The van der Waals surface area contributed by atoms with Crippen LogP contribution in [-0.4, -0.2) is 25.5 Å². The largest absolute Gasteiger partial charge is 0.324 e. The van der Waals surface area contributed by atoms with Crippen LogP contribution >= 0.6 is 15.9 Å². The zero-order valence-electron chi connectivity index (χ0n) is 11.8. The summed E-state index contributed by atoms with van der Waals surface area (Å²) in [6.45, 7) is 1.80. The smallest absolute Gasteiger partial charge is 0.248 e. The molecule has 0 fully saturated rings. The third kappa shape index (κ3) is 3.09. The molecule has 0 bridgehead atoms. The first-order valence-electron chi connectivity index (χ1n) is 6.74. The predicted molar refractivity (Wildman–Crippen MR) is 86.8 cm³/mol. The van der Waals surface area contributed by atoms with Gasteiger partial charge in [-0.2, -0.15) is 10.2 Å². The van der Waals surface area contributed by atoms with Crippen LogP contribution in [0.4, 0.5) is 5.69 Å². The monoisotopic (exact) mass is 359 g/mol. The highest BCUT2D eigenvalue weighted by Crippen LogP contribution is 2.16. The molecule has 0 aliphatic heterocycles. The zero-order valence-corrected chi connectivity index (χ0v) is 13.4. The number of nitrogens with one attached hydrogen (secondary N) is 1. The Kier molecular flexibility index (Phi) is 4.06. The number of carbonyl (C=O) groups excluding carboxylic acids is 1. The summed E-state index contributed by atoms with van der Waals surface area (Å²) >= 11 is 3.32. The quantitative estimate of drug-likeness (QED) is 0.778. The summed E-state index contributed by atoms with van der Waals surface area (Å²) < 4.78 is 4.21. The van der Waals surface area contributed by atoms with E-state index in [4.69, 9.17) is 0 Å². The molecule has 0 saturated carbocycles. The first-order valence-corrected chi connectivity index (χ1v) is 7.53. The van der Waals surface area contributed by atoms with Gasteiger partial charge in [-0.1, -0.05) is 0 Å². The SMILES string of the molecule is C[C@H](C(=O)Nc1ccc(-n2cccn2)cc1)n1cc(Br)cn1. The molecule has 112 valence electrons. The molecule has 2 aromatic heterocycles. The zero-order chi connectivity index (χ0) is 15.5. The molecule has 1 aromatic carbocycles. The van der Waals surface area contributed by atoms with Gasteiger partial charge in [0.15, 0.2) is 0 Å². The highest BCUT2D eigenvalue weighted by Gasteiger charge is 2.15. The van der Waals surface area contributed by atoms with E-state index in [9.17, 15) is 4.79 Å². The second-order valence-corrected chi connectivity index (χ2v) is 5.72. The van der Waals surface area contributed by atoms with Crippen LogP contribution in [0.3, 0.4) is 0 Å². The van der Waals surface area contributed by atoms with E-state index in [1.54, 1.807) is 34.9 Å². The van der Waals surface area contributed by atoms with Gasteiger partial charge in [-0.25, -0.2) is 4.68 Å². The molecule has 3 aromatic rings. The molecule has 22 heavy (non-hydrogen) atoms. The van der Waals surface area contributed by atoms with Crippen molar-refractivity contribution < 1.29 is 4.79 Å². The Bertz CT molecular complexity index is 764.